The number of nitrogens with one attached hydrogen (secondary N) is 1. The first-order valence-corrected chi connectivity index (χ1v) is 8.09. The lowest BCUT2D eigenvalue weighted by Crippen LogP contribution is -2.19. The van der Waals surface area contributed by atoms with Crippen molar-refractivity contribution in [2.75, 3.05) is 7.05 Å². The normalized spacial score (nSPS) is 13.5. The van der Waals surface area contributed by atoms with E-state index in [2.05, 4.69) is 21.2 Å². The molecule has 1 N–H and O–H groups in total. The molecule has 1 unspecified atom stereocenters. The van der Waals surface area contributed by atoms with Gasteiger partial charge in [-0.25, -0.2) is 0 Å². The van der Waals surface area contributed by atoms with Crippen molar-refractivity contribution >= 4 is 50.5 Å². The van der Waals surface area contributed by atoms with Gasteiger partial charge in [-0.05, 0) is 36.9 Å². The van der Waals surface area contributed by atoms with Crippen molar-refractivity contribution in [1.29, 1.82) is 0 Å². The second-order valence-electron chi connectivity index (χ2n) is 4.24. The maximum Gasteiger partial charge on any atom is 0.416 e. The van der Waals surface area contributed by atoms with Gasteiger partial charge in [0.05, 0.1) is 20.3 Å². The van der Waals surface area contributed by atoms with Crippen LogP contribution in [0.4, 0.5) is 13.2 Å². The molecule has 0 fully saturated rings. The zero-order chi connectivity index (χ0) is 15.8. The molecule has 21 heavy (non-hydrogen) atoms. The highest BCUT2D eigenvalue weighted by Gasteiger charge is 2.32. The molecule has 2 aromatic rings. The average molecular weight is 419 g/mol. The summed E-state index contributed by atoms with van der Waals surface area (Å²) in [5, 5.41) is 2.97. The van der Waals surface area contributed by atoms with Crippen LogP contribution in [0.1, 0.15) is 22.7 Å². The van der Waals surface area contributed by atoms with Gasteiger partial charge in [0.1, 0.15) is 0 Å². The largest absolute Gasteiger partial charge is 0.416 e. The van der Waals surface area contributed by atoms with Crippen LogP contribution in [0.25, 0.3) is 0 Å². The second kappa shape index (κ2) is 6.46. The van der Waals surface area contributed by atoms with Crippen molar-refractivity contribution in [3.63, 3.8) is 0 Å². The van der Waals surface area contributed by atoms with E-state index < -0.39 is 17.8 Å². The number of rotatable bonds is 3. The zero-order valence-corrected chi connectivity index (χ0v) is 14.5. The maximum absolute atomic E-state index is 12.9. The SMILES string of the molecule is CNC(c1cc(C(F)(F)F)ccc1Br)c1cc(Cl)sc1Cl. The minimum atomic E-state index is -4.40. The van der Waals surface area contributed by atoms with Crippen molar-refractivity contribution in [2.45, 2.75) is 12.2 Å². The van der Waals surface area contributed by atoms with Gasteiger partial charge in [0.25, 0.3) is 0 Å². The lowest BCUT2D eigenvalue weighted by Gasteiger charge is -2.19. The molecule has 1 atom stereocenters. The van der Waals surface area contributed by atoms with Gasteiger partial charge >= 0.3 is 6.18 Å². The Labute approximate surface area is 142 Å². The molecule has 0 saturated heterocycles. The minimum Gasteiger partial charge on any atom is -0.309 e. The standard InChI is InChI=1S/C13H9BrCl2F3NS/c1-20-11(8-5-10(15)21-12(8)16)7-4-6(13(17,18)19)2-3-9(7)14/h2-5,11,20H,1H3. The molecular weight excluding hydrogens is 410 g/mol. The van der Waals surface area contributed by atoms with Crippen LogP contribution < -0.4 is 5.32 Å². The summed E-state index contributed by atoms with van der Waals surface area (Å²) in [4.78, 5) is 0. The summed E-state index contributed by atoms with van der Waals surface area (Å²) in [6.45, 7) is 0. The van der Waals surface area contributed by atoms with Crippen LogP contribution in [0.3, 0.4) is 0 Å². The number of thiophene rings is 1. The molecule has 1 aromatic carbocycles. The van der Waals surface area contributed by atoms with E-state index in [4.69, 9.17) is 23.2 Å². The fourth-order valence-electron chi connectivity index (χ4n) is 1.97. The summed E-state index contributed by atoms with van der Waals surface area (Å²) >= 11 is 16.5. The van der Waals surface area contributed by atoms with Crippen molar-refractivity contribution in [3.8, 4) is 0 Å². The minimum absolute atomic E-state index is 0.448. The van der Waals surface area contributed by atoms with E-state index in [0.29, 0.717) is 24.3 Å². The summed E-state index contributed by atoms with van der Waals surface area (Å²) < 4.78 is 40.1. The Morgan fingerprint density at radius 1 is 1.19 bits per heavy atom. The van der Waals surface area contributed by atoms with Gasteiger partial charge in [0.2, 0.25) is 0 Å². The van der Waals surface area contributed by atoms with Crippen LogP contribution >= 0.6 is 50.5 Å². The lowest BCUT2D eigenvalue weighted by molar-refractivity contribution is -0.137. The van der Waals surface area contributed by atoms with Crippen LogP contribution in [0.15, 0.2) is 28.7 Å². The summed E-state index contributed by atoms with van der Waals surface area (Å²) in [5.41, 5.74) is 0.385. The van der Waals surface area contributed by atoms with E-state index in [0.717, 1.165) is 12.1 Å². The molecule has 8 heteroatoms. The number of benzene rings is 1. The Bertz CT molecular complexity index is 657. The topological polar surface area (TPSA) is 12.0 Å². The third-order valence-electron chi connectivity index (χ3n) is 2.92. The van der Waals surface area contributed by atoms with Crippen LogP contribution in [-0.4, -0.2) is 7.05 Å². The molecule has 0 amide bonds. The third kappa shape index (κ3) is 3.74. The van der Waals surface area contributed by atoms with Gasteiger partial charge in [-0.2, -0.15) is 13.2 Å². The molecule has 0 bridgehead atoms. The molecular formula is C13H9BrCl2F3NS. The van der Waals surface area contributed by atoms with Crippen LogP contribution in [0, 0.1) is 0 Å². The molecule has 0 aliphatic carbocycles. The Kier molecular flexibility index (Phi) is 5.26. The average Bonchev–Trinajstić information content (AvgIpc) is 2.70. The van der Waals surface area contributed by atoms with E-state index in [9.17, 15) is 13.2 Å². The summed E-state index contributed by atoms with van der Waals surface area (Å²) in [6, 6.07) is 4.68. The Morgan fingerprint density at radius 2 is 1.86 bits per heavy atom. The molecule has 2 rings (SSSR count). The molecule has 1 aromatic heterocycles. The van der Waals surface area contributed by atoms with Crippen molar-refractivity contribution in [2.24, 2.45) is 0 Å². The molecule has 0 aliphatic rings. The number of alkyl halides is 3. The van der Waals surface area contributed by atoms with E-state index in [-0.39, 0.29) is 0 Å². The predicted molar refractivity (Wildman–Crippen MR) is 84.4 cm³/mol. The van der Waals surface area contributed by atoms with Crippen molar-refractivity contribution in [3.05, 3.63) is 54.1 Å². The first kappa shape index (κ1) is 17.1. The first-order chi connectivity index (χ1) is 9.74. The van der Waals surface area contributed by atoms with E-state index in [1.54, 1.807) is 13.1 Å². The summed E-state index contributed by atoms with van der Waals surface area (Å²) in [6.07, 6.45) is -4.40. The molecule has 1 nitrogen and oxygen atoms in total. The number of hydrogen-bond donors (Lipinski definition) is 1. The van der Waals surface area contributed by atoms with Gasteiger partial charge in [0.15, 0.2) is 0 Å². The van der Waals surface area contributed by atoms with Crippen molar-refractivity contribution < 1.29 is 13.2 Å². The summed E-state index contributed by atoms with van der Waals surface area (Å²) in [7, 11) is 1.65. The highest BCUT2D eigenvalue weighted by Crippen LogP contribution is 2.40. The fourth-order valence-corrected chi connectivity index (χ4v) is 3.98. The molecule has 0 aliphatic heterocycles. The highest BCUT2D eigenvalue weighted by atomic mass is 79.9. The van der Waals surface area contributed by atoms with Gasteiger partial charge < -0.3 is 5.32 Å². The zero-order valence-electron chi connectivity index (χ0n) is 10.6. The Morgan fingerprint density at radius 3 is 2.33 bits per heavy atom. The molecule has 1 heterocycles. The van der Waals surface area contributed by atoms with Crippen molar-refractivity contribution in [1.82, 2.24) is 5.32 Å². The molecule has 0 radical (unpaired) electrons. The molecule has 0 spiro atoms. The maximum atomic E-state index is 12.9. The van der Waals surface area contributed by atoms with E-state index in [1.807, 2.05) is 0 Å². The highest BCUT2D eigenvalue weighted by molar-refractivity contribution is 9.10. The molecule has 114 valence electrons. The van der Waals surface area contributed by atoms with E-state index in [1.165, 1.54) is 17.4 Å². The van der Waals surface area contributed by atoms with Gasteiger partial charge in [-0.1, -0.05) is 39.1 Å². The second-order valence-corrected chi connectivity index (χ2v) is 7.38. The Balaban J connectivity index is 2.54. The Hall–Kier alpha value is -0.270. The lowest BCUT2D eigenvalue weighted by atomic mass is 9.99. The van der Waals surface area contributed by atoms with Gasteiger partial charge in [-0.3, -0.25) is 0 Å². The monoisotopic (exact) mass is 417 g/mol. The van der Waals surface area contributed by atoms with Gasteiger partial charge in [0, 0.05) is 10.0 Å². The van der Waals surface area contributed by atoms with E-state index >= 15 is 0 Å². The quantitative estimate of drug-likeness (QED) is 0.630. The first-order valence-electron chi connectivity index (χ1n) is 5.72. The number of hydrogen-bond acceptors (Lipinski definition) is 2. The van der Waals surface area contributed by atoms with Crippen LogP contribution in [0.2, 0.25) is 8.67 Å². The predicted octanol–water partition coefficient (Wildman–Crippen LogP) is 6.15. The number of halogens is 6. The third-order valence-corrected chi connectivity index (χ3v) is 5.16. The summed E-state index contributed by atoms with van der Waals surface area (Å²) in [5.74, 6) is 0. The van der Waals surface area contributed by atoms with Crippen LogP contribution in [-0.2, 0) is 6.18 Å². The van der Waals surface area contributed by atoms with Gasteiger partial charge in [-0.15, -0.1) is 11.3 Å². The molecule has 0 saturated carbocycles. The van der Waals surface area contributed by atoms with Crippen LogP contribution in [0.5, 0.6) is 0 Å². The fraction of sp³-hybridized carbons (Fsp3) is 0.231. The smallest absolute Gasteiger partial charge is 0.309 e.